The number of benzene rings is 1. The number of hydrogen-bond donors (Lipinski definition) is 1. The van der Waals surface area contributed by atoms with Gasteiger partial charge in [-0.3, -0.25) is 0 Å². The summed E-state index contributed by atoms with van der Waals surface area (Å²) in [4.78, 5) is 10.2. The van der Waals surface area contributed by atoms with Crippen LogP contribution in [0.4, 0.5) is 0 Å². The summed E-state index contributed by atoms with van der Waals surface area (Å²) in [5, 5.41) is 3.48. The van der Waals surface area contributed by atoms with Crippen molar-refractivity contribution in [3.05, 3.63) is 54.1 Å². The average Bonchev–Trinajstić information content (AvgIpc) is 3.29. The van der Waals surface area contributed by atoms with E-state index in [9.17, 15) is 0 Å². The van der Waals surface area contributed by atoms with Crippen molar-refractivity contribution < 1.29 is 0 Å². The molecule has 0 bridgehead atoms. The fourth-order valence-corrected chi connectivity index (χ4v) is 2.59. The van der Waals surface area contributed by atoms with Gasteiger partial charge in [0, 0.05) is 23.7 Å². The van der Waals surface area contributed by atoms with Crippen LogP contribution < -0.4 is 5.32 Å². The highest BCUT2D eigenvalue weighted by Crippen LogP contribution is 2.21. The zero-order valence-corrected chi connectivity index (χ0v) is 11.6. The Balaban J connectivity index is 1.56. The summed E-state index contributed by atoms with van der Waals surface area (Å²) < 4.78 is 0. The Kier molecular flexibility index (Phi) is 4.10. The first-order chi connectivity index (χ1) is 9.40. The first kappa shape index (κ1) is 12.6. The van der Waals surface area contributed by atoms with Crippen molar-refractivity contribution in [1.29, 1.82) is 0 Å². The molecule has 2 aromatic rings. The molecule has 19 heavy (non-hydrogen) atoms. The molecular formula is C15H17N3S. The minimum atomic E-state index is 0.720. The molecule has 0 unspecified atom stereocenters. The average molecular weight is 271 g/mol. The Bertz CT molecular complexity index is 526. The molecule has 1 aliphatic rings. The highest BCUT2D eigenvalue weighted by atomic mass is 32.2. The van der Waals surface area contributed by atoms with Gasteiger partial charge in [-0.2, -0.15) is 0 Å². The summed E-state index contributed by atoms with van der Waals surface area (Å²) >= 11 is 1.77. The molecule has 0 saturated heterocycles. The van der Waals surface area contributed by atoms with Crippen molar-refractivity contribution in [2.24, 2.45) is 0 Å². The van der Waals surface area contributed by atoms with Gasteiger partial charge < -0.3 is 5.32 Å². The molecule has 1 N–H and O–H groups in total. The molecule has 1 aromatic carbocycles. The van der Waals surface area contributed by atoms with Crippen molar-refractivity contribution >= 4 is 11.8 Å². The third kappa shape index (κ3) is 4.04. The zero-order chi connectivity index (χ0) is 12.9. The Morgan fingerprint density at radius 2 is 2.00 bits per heavy atom. The van der Waals surface area contributed by atoms with E-state index in [1.165, 1.54) is 17.7 Å². The normalized spacial score (nSPS) is 14.5. The Hall–Kier alpha value is -1.39. The molecule has 4 heteroatoms. The first-order valence-electron chi connectivity index (χ1n) is 6.62. The predicted octanol–water partition coefficient (Wildman–Crippen LogP) is 3.02. The fourth-order valence-electron chi connectivity index (χ4n) is 1.81. The Morgan fingerprint density at radius 1 is 1.16 bits per heavy atom. The molecule has 3 nitrogen and oxygen atoms in total. The molecule has 3 rings (SSSR count). The fraction of sp³-hybridized carbons (Fsp3) is 0.333. The lowest BCUT2D eigenvalue weighted by atomic mass is 10.4. The molecule has 1 aromatic heterocycles. The van der Waals surface area contributed by atoms with E-state index in [-0.39, 0.29) is 0 Å². The second kappa shape index (κ2) is 6.17. The quantitative estimate of drug-likeness (QED) is 0.820. The van der Waals surface area contributed by atoms with Crippen molar-refractivity contribution in [2.75, 3.05) is 0 Å². The van der Waals surface area contributed by atoms with Crippen LogP contribution in [0.3, 0.4) is 0 Å². The topological polar surface area (TPSA) is 37.8 Å². The lowest BCUT2D eigenvalue weighted by Gasteiger charge is -2.05. The van der Waals surface area contributed by atoms with Gasteiger partial charge in [0.2, 0.25) is 0 Å². The zero-order valence-electron chi connectivity index (χ0n) is 10.7. The number of thioether (sulfide) groups is 1. The van der Waals surface area contributed by atoms with Crippen molar-refractivity contribution in [2.45, 2.75) is 36.1 Å². The summed E-state index contributed by atoms with van der Waals surface area (Å²) in [5.74, 6) is 1.73. The highest BCUT2D eigenvalue weighted by molar-refractivity contribution is 7.98. The van der Waals surface area contributed by atoms with E-state index in [0.717, 1.165) is 29.9 Å². The van der Waals surface area contributed by atoms with Crippen molar-refractivity contribution in [3.63, 3.8) is 0 Å². The molecule has 1 heterocycles. The second-order valence-electron chi connectivity index (χ2n) is 4.72. The highest BCUT2D eigenvalue weighted by Gasteiger charge is 2.20. The van der Waals surface area contributed by atoms with Crippen LogP contribution in [0.5, 0.6) is 0 Å². The molecule has 0 atom stereocenters. The maximum atomic E-state index is 4.59. The smallest absolute Gasteiger partial charge is 0.138 e. The number of hydrogen-bond acceptors (Lipinski definition) is 4. The van der Waals surface area contributed by atoms with E-state index in [0.29, 0.717) is 0 Å². The summed E-state index contributed by atoms with van der Waals surface area (Å²) in [5.41, 5.74) is 1.09. The van der Waals surface area contributed by atoms with E-state index < -0.39 is 0 Å². The van der Waals surface area contributed by atoms with Crippen LogP contribution in [0.2, 0.25) is 0 Å². The van der Waals surface area contributed by atoms with Gasteiger partial charge >= 0.3 is 0 Å². The minimum Gasteiger partial charge on any atom is -0.308 e. The van der Waals surface area contributed by atoms with Crippen LogP contribution in [-0.4, -0.2) is 16.0 Å². The SMILES string of the molecule is c1ccc(SCc2nccc(CNC3CC3)n2)cc1. The van der Waals surface area contributed by atoms with Gasteiger partial charge in [0.25, 0.3) is 0 Å². The van der Waals surface area contributed by atoms with Gasteiger partial charge in [-0.15, -0.1) is 11.8 Å². The molecule has 0 spiro atoms. The summed E-state index contributed by atoms with van der Waals surface area (Å²) in [6.07, 6.45) is 4.47. The van der Waals surface area contributed by atoms with Gasteiger partial charge in [-0.05, 0) is 31.0 Å². The van der Waals surface area contributed by atoms with E-state index in [1.54, 1.807) is 11.8 Å². The second-order valence-corrected chi connectivity index (χ2v) is 5.77. The molecule has 0 radical (unpaired) electrons. The predicted molar refractivity (Wildman–Crippen MR) is 77.9 cm³/mol. The Labute approximate surface area is 117 Å². The van der Waals surface area contributed by atoms with Gasteiger partial charge in [0.1, 0.15) is 5.82 Å². The molecule has 1 fully saturated rings. The molecule has 1 saturated carbocycles. The Morgan fingerprint density at radius 3 is 2.79 bits per heavy atom. The molecule has 0 amide bonds. The van der Waals surface area contributed by atoms with Gasteiger partial charge in [-0.1, -0.05) is 18.2 Å². The maximum Gasteiger partial charge on any atom is 0.138 e. The van der Waals surface area contributed by atoms with Crippen LogP contribution in [0.25, 0.3) is 0 Å². The van der Waals surface area contributed by atoms with Crippen LogP contribution in [-0.2, 0) is 12.3 Å². The van der Waals surface area contributed by atoms with Crippen molar-refractivity contribution in [3.8, 4) is 0 Å². The number of rotatable bonds is 6. The van der Waals surface area contributed by atoms with Crippen LogP contribution in [0, 0.1) is 0 Å². The molecule has 98 valence electrons. The van der Waals surface area contributed by atoms with Crippen LogP contribution in [0.15, 0.2) is 47.5 Å². The van der Waals surface area contributed by atoms with E-state index >= 15 is 0 Å². The summed E-state index contributed by atoms with van der Waals surface area (Å²) in [6.45, 7) is 0.857. The minimum absolute atomic E-state index is 0.720. The first-order valence-corrected chi connectivity index (χ1v) is 7.61. The number of nitrogens with one attached hydrogen (secondary N) is 1. The molecule has 1 aliphatic carbocycles. The third-order valence-corrected chi connectivity index (χ3v) is 4.03. The largest absolute Gasteiger partial charge is 0.308 e. The summed E-state index contributed by atoms with van der Waals surface area (Å²) in [6, 6.07) is 13.1. The summed E-state index contributed by atoms with van der Waals surface area (Å²) in [7, 11) is 0. The van der Waals surface area contributed by atoms with Gasteiger partial charge in [0.05, 0.1) is 11.4 Å². The number of nitrogens with zero attached hydrogens (tertiary/aromatic N) is 2. The van der Waals surface area contributed by atoms with E-state index in [2.05, 4.69) is 39.6 Å². The van der Waals surface area contributed by atoms with Crippen LogP contribution >= 0.6 is 11.8 Å². The molecular weight excluding hydrogens is 254 g/mol. The van der Waals surface area contributed by atoms with E-state index in [1.807, 2.05) is 18.3 Å². The third-order valence-electron chi connectivity index (χ3n) is 3.02. The van der Waals surface area contributed by atoms with Crippen molar-refractivity contribution in [1.82, 2.24) is 15.3 Å². The standard InChI is InChI=1S/C15H17N3S/c1-2-4-14(5-3-1)19-11-15-16-9-8-13(18-15)10-17-12-6-7-12/h1-5,8-9,12,17H,6-7,10-11H2. The lowest BCUT2D eigenvalue weighted by Crippen LogP contribution is -2.16. The number of aromatic nitrogens is 2. The maximum absolute atomic E-state index is 4.59. The van der Waals surface area contributed by atoms with Gasteiger partial charge in [0.15, 0.2) is 0 Å². The van der Waals surface area contributed by atoms with Gasteiger partial charge in [-0.25, -0.2) is 9.97 Å². The lowest BCUT2D eigenvalue weighted by molar-refractivity contribution is 0.670. The van der Waals surface area contributed by atoms with E-state index in [4.69, 9.17) is 0 Å². The van der Waals surface area contributed by atoms with Crippen LogP contribution in [0.1, 0.15) is 24.4 Å². The monoisotopic (exact) mass is 271 g/mol. The molecule has 0 aliphatic heterocycles.